The normalized spacial score (nSPS) is 10.9. The van der Waals surface area contributed by atoms with Crippen LogP contribution in [0.25, 0.3) is 10.8 Å². The summed E-state index contributed by atoms with van der Waals surface area (Å²) < 4.78 is 0. The number of aromatic hydroxyl groups is 1. The standard InChI is InChI=1S/C15H18OS2/c1-2-9-17-10-11-18-15-8-7-14(16)12-5-3-4-6-13(12)15/h3-8,16H,2,9-11H2,1H3. The van der Waals surface area contributed by atoms with Crippen molar-refractivity contribution >= 4 is 34.3 Å². The van der Waals surface area contributed by atoms with Crippen LogP contribution in [0.15, 0.2) is 41.3 Å². The topological polar surface area (TPSA) is 20.2 Å². The molecule has 0 spiro atoms. The summed E-state index contributed by atoms with van der Waals surface area (Å²) in [5.74, 6) is 3.93. The van der Waals surface area contributed by atoms with E-state index in [0.717, 1.165) is 16.5 Å². The number of phenolic OH excluding ortho intramolecular Hbond substituents is 1. The van der Waals surface area contributed by atoms with Gasteiger partial charge in [0.15, 0.2) is 0 Å². The minimum absolute atomic E-state index is 0.371. The van der Waals surface area contributed by atoms with E-state index in [-0.39, 0.29) is 0 Å². The van der Waals surface area contributed by atoms with Crippen LogP contribution in [-0.2, 0) is 0 Å². The fourth-order valence-corrected chi connectivity index (χ4v) is 3.85. The Hall–Kier alpha value is -0.800. The number of hydrogen-bond donors (Lipinski definition) is 1. The van der Waals surface area contributed by atoms with Crippen molar-refractivity contribution in [2.24, 2.45) is 0 Å². The molecule has 0 bridgehead atoms. The first-order valence-corrected chi connectivity index (χ1v) is 8.38. The number of thioether (sulfide) groups is 2. The largest absolute Gasteiger partial charge is 0.507 e. The van der Waals surface area contributed by atoms with E-state index in [9.17, 15) is 5.11 Å². The third-order valence-electron chi connectivity index (χ3n) is 2.69. The third-order valence-corrected chi connectivity index (χ3v) is 5.22. The molecule has 2 aromatic carbocycles. The van der Waals surface area contributed by atoms with Crippen LogP contribution in [-0.4, -0.2) is 22.4 Å². The molecule has 0 aliphatic carbocycles. The second-order valence-corrected chi connectivity index (χ2v) is 6.45. The summed E-state index contributed by atoms with van der Waals surface area (Å²) >= 11 is 3.89. The number of benzene rings is 2. The lowest BCUT2D eigenvalue weighted by Crippen LogP contribution is -1.87. The van der Waals surface area contributed by atoms with Crippen LogP contribution >= 0.6 is 23.5 Å². The van der Waals surface area contributed by atoms with Gasteiger partial charge < -0.3 is 5.11 Å². The van der Waals surface area contributed by atoms with Crippen molar-refractivity contribution in [3.8, 4) is 5.75 Å². The molecule has 0 fully saturated rings. The fraction of sp³-hybridized carbons (Fsp3) is 0.333. The molecule has 18 heavy (non-hydrogen) atoms. The van der Waals surface area contributed by atoms with Crippen LogP contribution in [0.4, 0.5) is 0 Å². The van der Waals surface area contributed by atoms with E-state index in [4.69, 9.17) is 0 Å². The van der Waals surface area contributed by atoms with Gasteiger partial charge in [-0.05, 0) is 29.7 Å². The monoisotopic (exact) mass is 278 g/mol. The Morgan fingerprint density at radius 2 is 1.72 bits per heavy atom. The van der Waals surface area contributed by atoms with Gasteiger partial charge in [-0.15, -0.1) is 11.8 Å². The second kappa shape index (κ2) is 6.95. The van der Waals surface area contributed by atoms with Crippen LogP contribution in [0.3, 0.4) is 0 Å². The molecule has 0 saturated carbocycles. The quantitative estimate of drug-likeness (QED) is 0.606. The van der Waals surface area contributed by atoms with Crippen molar-refractivity contribution in [2.75, 3.05) is 17.3 Å². The van der Waals surface area contributed by atoms with E-state index in [1.165, 1.54) is 22.8 Å². The lowest BCUT2D eigenvalue weighted by atomic mass is 10.1. The Bertz CT molecular complexity index is 511. The summed E-state index contributed by atoms with van der Waals surface area (Å²) in [7, 11) is 0. The van der Waals surface area contributed by atoms with Crippen LogP contribution in [0.1, 0.15) is 13.3 Å². The first-order valence-electron chi connectivity index (χ1n) is 6.24. The SMILES string of the molecule is CCCSCCSc1ccc(O)c2ccccc12. The van der Waals surface area contributed by atoms with Gasteiger partial charge in [-0.3, -0.25) is 0 Å². The lowest BCUT2D eigenvalue weighted by molar-refractivity contribution is 0.481. The van der Waals surface area contributed by atoms with E-state index in [1.807, 2.05) is 47.8 Å². The van der Waals surface area contributed by atoms with Gasteiger partial charge in [0.1, 0.15) is 5.75 Å². The highest BCUT2D eigenvalue weighted by Gasteiger charge is 2.04. The van der Waals surface area contributed by atoms with Gasteiger partial charge in [0.25, 0.3) is 0 Å². The lowest BCUT2D eigenvalue weighted by Gasteiger charge is -2.07. The molecular formula is C15H18OS2. The molecular weight excluding hydrogens is 260 g/mol. The van der Waals surface area contributed by atoms with Gasteiger partial charge >= 0.3 is 0 Å². The molecule has 0 aromatic heterocycles. The maximum atomic E-state index is 9.82. The van der Waals surface area contributed by atoms with Gasteiger partial charge in [-0.2, -0.15) is 11.8 Å². The summed E-state index contributed by atoms with van der Waals surface area (Å²) in [6.07, 6.45) is 1.25. The Morgan fingerprint density at radius 3 is 2.50 bits per heavy atom. The maximum Gasteiger partial charge on any atom is 0.123 e. The Balaban J connectivity index is 2.07. The minimum atomic E-state index is 0.371. The average Bonchev–Trinajstić information content (AvgIpc) is 2.41. The predicted molar refractivity (Wildman–Crippen MR) is 84.0 cm³/mol. The molecule has 1 nitrogen and oxygen atoms in total. The minimum Gasteiger partial charge on any atom is -0.507 e. The summed E-state index contributed by atoms with van der Waals surface area (Å²) in [5, 5.41) is 11.9. The van der Waals surface area contributed by atoms with E-state index in [2.05, 4.69) is 13.0 Å². The zero-order valence-electron chi connectivity index (χ0n) is 10.6. The molecule has 2 rings (SSSR count). The summed E-state index contributed by atoms with van der Waals surface area (Å²) in [5.41, 5.74) is 0. The molecule has 0 heterocycles. The number of rotatable bonds is 6. The molecule has 0 aliphatic rings. The van der Waals surface area contributed by atoms with Crippen LogP contribution in [0.5, 0.6) is 5.75 Å². The van der Waals surface area contributed by atoms with Crippen molar-refractivity contribution in [3.63, 3.8) is 0 Å². The van der Waals surface area contributed by atoms with Crippen molar-refractivity contribution in [2.45, 2.75) is 18.2 Å². The smallest absolute Gasteiger partial charge is 0.123 e. The molecule has 0 atom stereocenters. The number of phenols is 1. The van der Waals surface area contributed by atoms with Crippen LogP contribution in [0, 0.1) is 0 Å². The summed E-state index contributed by atoms with van der Waals surface area (Å²) in [6, 6.07) is 11.9. The van der Waals surface area contributed by atoms with E-state index >= 15 is 0 Å². The third kappa shape index (κ3) is 3.36. The highest BCUT2D eigenvalue weighted by molar-refractivity contribution is 8.03. The molecule has 0 unspecified atom stereocenters. The zero-order chi connectivity index (χ0) is 12.8. The average molecular weight is 278 g/mol. The number of fused-ring (bicyclic) bond motifs is 1. The maximum absolute atomic E-state index is 9.82. The molecule has 0 radical (unpaired) electrons. The highest BCUT2D eigenvalue weighted by atomic mass is 32.2. The first-order chi connectivity index (χ1) is 8.83. The second-order valence-electron chi connectivity index (χ2n) is 4.09. The van der Waals surface area contributed by atoms with E-state index in [0.29, 0.717) is 5.75 Å². The predicted octanol–water partition coefficient (Wildman–Crippen LogP) is 4.78. The first kappa shape index (κ1) is 13.6. The molecule has 1 N–H and O–H groups in total. The van der Waals surface area contributed by atoms with Gasteiger partial charge in [0.2, 0.25) is 0 Å². The molecule has 3 heteroatoms. The van der Waals surface area contributed by atoms with E-state index < -0.39 is 0 Å². The Kier molecular flexibility index (Phi) is 5.26. The van der Waals surface area contributed by atoms with Gasteiger partial charge in [0, 0.05) is 21.8 Å². The van der Waals surface area contributed by atoms with Crippen molar-refractivity contribution in [1.82, 2.24) is 0 Å². The Morgan fingerprint density at radius 1 is 0.944 bits per heavy atom. The van der Waals surface area contributed by atoms with Crippen LogP contribution < -0.4 is 0 Å². The van der Waals surface area contributed by atoms with Gasteiger partial charge in [-0.25, -0.2) is 0 Å². The summed E-state index contributed by atoms with van der Waals surface area (Å²) in [4.78, 5) is 1.26. The van der Waals surface area contributed by atoms with Crippen molar-refractivity contribution in [1.29, 1.82) is 0 Å². The molecule has 96 valence electrons. The highest BCUT2D eigenvalue weighted by Crippen LogP contribution is 2.33. The summed E-state index contributed by atoms with van der Waals surface area (Å²) in [6.45, 7) is 2.22. The van der Waals surface area contributed by atoms with Gasteiger partial charge in [-0.1, -0.05) is 31.2 Å². The molecule has 0 amide bonds. The number of hydrogen-bond acceptors (Lipinski definition) is 3. The van der Waals surface area contributed by atoms with Crippen molar-refractivity contribution in [3.05, 3.63) is 36.4 Å². The molecule has 2 aromatic rings. The van der Waals surface area contributed by atoms with Gasteiger partial charge in [0.05, 0.1) is 0 Å². The van der Waals surface area contributed by atoms with Crippen molar-refractivity contribution < 1.29 is 5.11 Å². The zero-order valence-corrected chi connectivity index (χ0v) is 12.2. The molecule has 0 saturated heterocycles. The molecule has 0 aliphatic heterocycles. The van der Waals surface area contributed by atoms with Crippen LogP contribution in [0.2, 0.25) is 0 Å². The van der Waals surface area contributed by atoms with E-state index in [1.54, 1.807) is 6.07 Å². The Labute approximate surface area is 117 Å². The fourth-order valence-electron chi connectivity index (χ4n) is 1.84.